The van der Waals surface area contributed by atoms with E-state index in [2.05, 4.69) is 15.2 Å². The first kappa shape index (κ1) is 19.9. The molecular weight excluding hydrogens is 380 g/mol. The molecule has 1 N–H and O–H groups in total. The first-order valence-corrected chi connectivity index (χ1v) is 9.60. The van der Waals surface area contributed by atoms with E-state index in [-0.39, 0.29) is 18.4 Å². The summed E-state index contributed by atoms with van der Waals surface area (Å²) in [6.07, 6.45) is 1.70. The Bertz CT molecular complexity index is 820. The molecule has 2 aromatic rings. The average Bonchev–Trinajstić information content (AvgIpc) is 2.73. The van der Waals surface area contributed by atoms with E-state index in [1.54, 1.807) is 47.5 Å². The van der Waals surface area contributed by atoms with Crippen LogP contribution in [0.3, 0.4) is 0 Å². The van der Waals surface area contributed by atoms with Crippen LogP contribution in [0, 0.1) is 0 Å². The van der Waals surface area contributed by atoms with Gasteiger partial charge in [0, 0.05) is 37.9 Å². The molecule has 1 saturated heterocycles. The maximum absolute atomic E-state index is 12.4. The van der Waals surface area contributed by atoms with Crippen molar-refractivity contribution < 1.29 is 14.3 Å². The second kappa shape index (κ2) is 9.41. The third-order valence-corrected chi connectivity index (χ3v) is 4.79. The minimum Gasteiger partial charge on any atom is -0.494 e. The Balaban J connectivity index is 1.46. The zero-order chi connectivity index (χ0) is 19.9. The molecule has 2 amide bonds. The number of rotatable bonds is 6. The molecule has 0 radical (unpaired) electrons. The molecule has 0 atom stereocenters. The van der Waals surface area contributed by atoms with Gasteiger partial charge in [0.2, 0.25) is 5.91 Å². The molecule has 0 bridgehead atoms. The summed E-state index contributed by atoms with van der Waals surface area (Å²) in [5.74, 6) is 1.06. The van der Waals surface area contributed by atoms with Crippen molar-refractivity contribution in [2.45, 2.75) is 6.92 Å². The van der Waals surface area contributed by atoms with Gasteiger partial charge in [-0.15, -0.1) is 0 Å². The number of hydrogen-bond acceptors (Lipinski definition) is 5. The summed E-state index contributed by atoms with van der Waals surface area (Å²) in [4.78, 5) is 32.7. The molecule has 3 rings (SSSR count). The third kappa shape index (κ3) is 4.92. The van der Waals surface area contributed by atoms with Crippen molar-refractivity contribution in [1.29, 1.82) is 0 Å². The molecule has 1 fully saturated rings. The Morgan fingerprint density at radius 3 is 2.50 bits per heavy atom. The molecule has 0 aliphatic carbocycles. The number of anilines is 1. The summed E-state index contributed by atoms with van der Waals surface area (Å²) in [6.45, 7) is 4.85. The van der Waals surface area contributed by atoms with Gasteiger partial charge in [-0.05, 0) is 43.3 Å². The van der Waals surface area contributed by atoms with Crippen LogP contribution in [-0.4, -0.2) is 61.0 Å². The number of ether oxygens (including phenoxy) is 1. The van der Waals surface area contributed by atoms with E-state index in [4.69, 9.17) is 16.3 Å². The van der Waals surface area contributed by atoms with Crippen molar-refractivity contribution in [3.8, 4) is 5.75 Å². The smallest absolute Gasteiger partial charge is 0.251 e. The Morgan fingerprint density at radius 2 is 1.86 bits per heavy atom. The van der Waals surface area contributed by atoms with E-state index in [1.165, 1.54) is 0 Å². The molecule has 2 heterocycles. The van der Waals surface area contributed by atoms with E-state index >= 15 is 0 Å². The number of nitrogens with zero attached hydrogens (tertiary/aromatic N) is 3. The fourth-order valence-corrected chi connectivity index (χ4v) is 3.26. The van der Waals surface area contributed by atoms with Gasteiger partial charge in [0.1, 0.15) is 11.6 Å². The summed E-state index contributed by atoms with van der Waals surface area (Å²) in [7, 11) is 0. The number of hydrogen-bond donors (Lipinski definition) is 1. The summed E-state index contributed by atoms with van der Waals surface area (Å²) in [5.41, 5.74) is 0.492. The number of carbonyl (C=O) groups is 2. The normalized spacial score (nSPS) is 13.9. The van der Waals surface area contributed by atoms with E-state index in [1.807, 2.05) is 6.92 Å². The molecule has 0 saturated carbocycles. The van der Waals surface area contributed by atoms with Crippen LogP contribution in [0.25, 0.3) is 0 Å². The number of nitrogens with one attached hydrogen (secondary N) is 1. The lowest BCUT2D eigenvalue weighted by atomic mass is 10.2. The number of halogens is 1. The summed E-state index contributed by atoms with van der Waals surface area (Å²) < 4.78 is 5.36. The van der Waals surface area contributed by atoms with Crippen LogP contribution in [0.2, 0.25) is 5.02 Å². The molecule has 0 spiro atoms. The zero-order valence-corrected chi connectivity index (χ0v) is 16.5. The van der Waals surface area contributed by atoms with Crippen LogP contribution in [0.15, 0.2) is 42.6 Å². The van der Waals surface area contributed by atoms with Gasteiger partial charge in [0.25, 0.3) is 5.91 Å². The molecule has 8 heteroatoms. The van der Waals surface area contributed by atoms with Gasteiger partial charge in [-0.2, -0.15) is 0 Å². The number of pyridine rings is 1. The van der Waals surface area contributed by atoms with Crippen molar-refractivity contribution in [2.75, 3.05) is 44.2 Å². The van der Waals surface area contributed by atoms with Crippen LogP contribution in [0.4, 0.5) is 5.82 Å². The van der Waals surface area contributed by atoms with E-state index in [0.717, 1.165) is 5.82 Å². The summed E-state index contributed by atoms with van der Waals surface area (Å²) in [6, 6.07) is 10.4. The molecule has 1 aliphatic rings. The van der Waals surface area contributed by atoms with Gasteiger partial charge < -0.3 is 19.9 Å². The predicted molar refractivity (Wildman–Crippen MR) is 108 cm³/mol. The maximum atomic E-state index is 12.4. The van der Waals surface area contributed by atoms with Gasteiger partial charge in [-0.25, -0.2) is 4.98 Å². The molecule has 1 aromatic heterocycles. The topological polar surface area (TPSA) is 74.8 Å². The number of piperazine rings is 1. The van der Waals surface area contributed by atoms with Crippen molar-refractivity contribution in [3.05, 3.63) is 53.2 Å². The highest BCUT2D eigenvalue weighted by atomic mass is 35.5. The highest BCUT2D eigenvalue weighted by Gasteiger charge is 2.23. The second-order valence-electron chi connectivity index (χ2n) is 6.32. The van der Waals surface area contributed by atoms with Crippen LogP contribution in [0.1, 0.15) is 17.3 Å². The zero-order valence-electron chi connectivity index (χ0n) is 15.7. The van der Waals surface area contributed by atoms with Crippen LogP contribution in [0.5, 0.6) is 5.75 Å². The second-order valence-corrected chi connectivity index (χ2v) is 6.72. The SMILES string of the molecule is CCOc1ccc(C(=O)NCC(=O)N2CCN(c3ncccc3Cl)CC2)cc1. The van der Waals surface area contributed by atoms with Crippen LogP contribution >= 0.6 is 11.6 Å². The molecule has 28 heavy (non-hydrogen) atoms. The Hall–Kier alpha value is -2.80. The third-order valence-electron chi connectivity index (χ3n) is 4.50. The molecule has 7 nitrogen and oxygen atoms in total. The monoisotopic (exact) mass is 402 g/mol. The fraction of sp³-hybridized carbons (Fsp3) is 0.350. The number of carbonyl (C=O) groups excluding carboxylic acids is 2. The minimum atomic E-state index is -0.282. The molecule has 0 unspecified atom stereocenters. The Morgan fingerprint density at radius 1 is 1.14 bits per heavy atom. The highest BCUT2D eigenvalue weighted by Crippen LogP contribution is 2.23. The van der Waals surface area contributed by atoms with E-state index in [9.17, 15) is 9.59 Å². The molecule has 1 aliphatic heterocycles. The number of benzene rings is 1. The minimum absolute atomic E-state index is 0.0314. The lowest BCUT2D eigenvalue weighted by Gasteiger charge is -2.35. The van der Waals surface area contributed by atoms with Gasteiger partial charge in [-0.3, -0.25) is 9.59 Å². The van der Waals surface area contributed by atoms with Crippen molar-refractivity contribution >= 4 is 29.2 Å². The van der Waals surface area contributed by atoms with Crippen molar-refractivity contribution in [1.82, 2.24) is 15.2 Å². The average molecular weight is 403 g/mol. The standard InChI is InChI=1S/C20H23ClN4O3/c1-2-28-16-7-5-15(6-8-16)20(27)23-14-18(26)24-10-12-25(13-11-24)19-17(21)4-3-9-22-19/h3-9H,2,10-14H2,1H3,(H,23,27). The number of amides is 2. The van der Waals surface area contributed by atoms with Crippen LogP contribution in [-0.2, 0) is 4.79 Å². The Kier molecular flexibility index (Phi) is 6.71. The first-order chi connectivity index (χ1) is 13.6. The van der Waals surface area contributed by atoms with Gasteiger partial charge in [0.05, 0.1) is 18.2 Å². The molecular formula is C20H23ClN4O3. The van der Waals surface area contributed by atoms with E-state index in [0.29, 0.717) is 49.1 Å². The van der Waals surface area contributed by atoms with Gasteiger partial charge in [0.15, 0.2) is 0 Å². The maximum Gasteiger partial charge on any atom is 0.251 e. The van der Waals surface area contributed by atoms with Gasteiger partial charge >= 0.3 is 0 Å². The van der Waals surface area contributed by atoms with E-state index < -0.39 is 0 Å². The molecule has 148 valence electrons. The summed E-state index contributed by atoms with van der Waals surface area (Å²) in [5, 5.41) is 3.28. The summed E-state index contributed by atoms with van der Waals surface area (Å²) >= 11 is 6.19. The Labute approximate surface area is 169 Å². The van der Waals surface area contributed by atoms with Crippen molar-refractivity contribution in [2.24, 2.45) is 0 Å². The van der Waals surface area contributed by atoms with Crippen LogP contribution < -0.4 is 15.0 Å². The van der Waals surface area contributed by atoms with Gasteiger partial charge in [-0.1, -0.05) is 11.6 Å². The fourth-order valence-electron chi connectivity index (χ4n) is 3.02. The number of aromatic nitrogens is 1. The first-order valence-electron chi connectivity index (χ1n) is 9.22. The quantitative estimate of drug-likeness (QED) is 0.801. The highest BCUT2D eigenvalue weighted by molar-refractivity contribution is 6.32. The van der Waals surface area contributed by atoms with Crippen molar-refractivity contribution in [3.63, 3.8) is 0 Å². The predicted octanol–water partition coefficient (Wildman–Crippen LogP) is 2.21. The molecule has 1 aromatic carbocycles. The largest absolute Gasteiger partial charge is 0.494 e. The lowest BCUT2D eigenvalue weighted by Crippen LogP contribution is -2.51. The lowest BCUT2D eigenvalue weighted by molar-refractivity contribution is -0.130.